The van der Waals surface area contributed by atoms with Crippen LogP contribution < -0.4 is 0 Å². The molecular weight excluding hydrogens is 219 g/mol. The number of aromatic nitrogens is 1. The van der Waals surface area contributed by atoms with Gasteiger partial charge >= 0.3 is 12.1 Å². The highest BCUT2D eigenvalue weighted by atomic mass is 32.1. The standard InChI is InChI=1S/C7H6F3NO2S/c8-7(9,10)2-5-11-4(3-14-5)1-6(12)13/h3H,1-2H2,(H,12,13). The molecule has 0 spiro atoms. The lowest BCUT2D eigenvalue weighted by molar-refractivity contribution is -0.136. The lowest BCUT2D eigenvalue weighted by atomic mass is 10.3. The van der Waals surface area contributed by atoms with E-state index >= 15 is 0 Å². The molecule has 0 bridgehead atoms. The molecule has 0 radical (unpaired) electrons. The second-order valence-electron chi connectivity index (χ2n) is 2.60. The molecule has 7 heteroatoms. The molecule has 0 aliphatic carbocycles. The van der Waals surface area contributed by atoms with E-state index < -0.39 is 18.6 Å². The first-order valence-corrected chi connectivity index (χ1v) is 4.46. The fourth-order valence-corrected chi connectivity index (χ4v) is 1.66. The van der Waals surface area contributed by atoms with Gasteiger partial charge in [0.15, 0.2) is 0 Å². The first kappa shape index (κ1) is 11.0. The fraction of sp³-hybridized carbons (Fsp3) is 0.429. The van der Waals surface area contributed by atoms with Crippen molar-refractivity contribution in [3.63, 3.8) is 0 Å². The molecule has 0 atom stereocenters. The second kappa shape index (κ2) is 3.95. The lowest BCUT2D eigenvalue weighted by Crippen LogP contribution is -2.11. The van der Waals surface area contributed by atoms with Gasteiger partial charge < -0.3 is 5.11 Å². The Morgan fingerprint density at radius 3 is 2.71 bits per heavy atom. The van der Waals surface area contributed by atoms with Crippen LogP contribution in [0.25, 0.3) is 0 Å². The van der Waals surface area contributed by atoms with Crippen molar-refractivity contribution in [3.05, 3.63) is 16.1 Å². The third-order valence-corrected chi connectivity index (χ3v) is 2.18. The van der Waals surface area contributed by atoms with Crippen LogP contribution in [0.2, 0.25) is 0 Å². The molecule has 0 fully saturated rings. The van der Waals surface area contributed by atoms with Gasteiger partial charge in [0.25, 0.3) is 0 Å². The number of carboxylic acids is 1. The van der Waals surface area contributed by atoms with Crippen LogP contribution in [-0.2, 0) is 17.6 Å². The van der Waals surface area contributed by atoms with Crippen LogP contribution >= 0.6 is 11.3 Å². The van der Waals surface area contributed by atoms with E-state index in [1.807, 2.05) is 0 Å². The first-order chi connectivity index (χ1) is 6.37. The van der Waals surface area contributed by atoms with E-state index in [-0.39, 0.29) is 17.1 Å². The van der Waals surface area contributed by atoms with Crippen LogP contribution in [0.4, 0.5) is 13.2 Å². The maximum absolute atomic E-state index is 11.9. The Hall–Kier alpha value is -1.11. The largest absolute Gasteiger partial charge is 0.481 e. The number of nitrogens with zero attached hydrogens (tertiary/aromatic N) is 1. The average Bonchev–Trinajstić information content (AvgIpc) is 2.30. The van der Waals surface area contributed by atoms with Gasteiger partial charge in [0.05, 0.1) is 18.5 Å². The number of hydrogen-bond acceptors (Lipinski definition) is 3. The monoisotopic (exact) mass is 225 g/mol. The Morgan fingerprint density at radius 2 is 2.21 bits per heavy atom. The van der Waals surface area contributed by atoms with E-state index in [1.54, 1.807) is 0 Å². The van der Waals surface area contributed by atoms with Crippen LogP contribution in [0.1, 0.15) is 10.7 Å². The first-order valence-electron chi connectivity index (χ1n) is 3.58. The van der Waals surface area contributed by atoms with Crippen molar-refractivity contribution in [2.45, 2.75) is 19.0 Å². The van der Waals surface area contributed by atoms with Gasteiger partial charge in [-0.2, -0.15) is 13.2 Å². The molecule has 1 aromatic rings. The highest BCUT2D eigenvalue weighted by Gasteiger charge is 2.29. The highest BCUT2D eigenvalue weighted by molar-refractivity contribution is 7.09. The number of carbonyl (C=O) groups is 1. The number of hydrogen-bond donors (Lipinski definition) is 1. The average molecular weight is 225 g/mol. The number of halogens is 3. The van der Waals surface area contributed by atoms with Gasteiger partial charge in [-0.15, -0.1) is 11.3 Å². The third kappa shape index (κ3) is 3.73. The van der Waals surface area contributed by atoms with E-state index in [1.165, 1.54) is 5.38 Å². The molecule has 0 aromatic carbocycles. The quantitative estimate of drug-likeness (QED) is 0.854. The highest BCUT2D eigenvalue weighted by Crippen LogP contribution is 2.23. The minimum absolute atomic E-state index is 0.103. The molecule has 1 heterocycles. The number of thiazole rings is 1. The van der Waals surface area contributed by atoms with Gasteiger partial charge in [-0.25, -0.2) is 4.98 Å². The predicted octanol–water partition coefficient (Wildman–Crippen LogP) is 1.88. The number of carboxylic acid groups (broad SMARTS) is 1. The maximum Gasteiger partial charge on any atom is 0.395 e. The Bertz CT molecular complexity index is 334. The number of rotatable bonds is 3. The SMILES string of the molecule is O=C(O)Cc1csc(CC(F)(F)F)n1. The van der Waals surface area contributed by atoms with Crippen molar-refractivity contribution in [2.75, 3.05) is 0 Å². The molecule has 78 valence electrons. The summed E-state index contributed by atoms with van der Waals surface area (Å²) >= 11 is 0.824. The normalized spacial score (nSPS) is 11.6. The van der Waals surface area contributed by atoms with Gasteiger partial charge in [0.1, 0.15) is 5.01 Å². The van der Waals surface area contributed by atoms with Crippen molar-refractivity contribution in [1.82, 2.24) is 4.98 Å². The predicted molar refractivity (Wildman–Crippen MR) is 43.2 cm³/mol. The molecule has 0 amide bonds. The molecule has 1 aromatic heterocycles. The summed E-state index contributed by atoms with van der Waals surface area (Å²) in [5.41, 5.74) is 0.168. The fourth-order valence-electron chi connectivity index (χ4n) is 0.838. The maximum atomic E-state index is 11.9. The van der Waals surface area contributed by atoms with E-state index in [9.17, 15) is 18.0 Å². The Morgan fingerprint density at radius 1 is 1.57 bits per heavy atom. The number of aliphatic carboxylic acids is 1. The van der Waals surface area contributed by atoms with E-state index in [2.05, 4.69) is 4.98 Å². The molecular formula is C7H6F3NO2S. The Kier molecular flexibility index (Phi) is 3.10. The van der Waals surface area contributed by atoms with Crippen LogP contribution in [-0.4, -0.2) is 22.2 Å². The molecule has 0 aliphatic rings. The van der Waals surface area contributed by atoms with E-state index in [4.69, 9.17) is 5.11 Å². The smallest absolute Gasteiger partial charge is 0.395 e. The molecule has 1 N–H and O–H groups in total. The summed E-state index contributed by atoms with van der Waals surface area (Å²) in [6, 6.07) is 0. The number of alkyl halides is 3. The van der Waals surface area contributed by atoms with Crippen LogP contribution in [0.5, 0.6) is 0 Å². The van der Waals surface area contributed by atoms with Gasteiger partial charge in [-0.05, 0) is 0 Å². The van der Waals surface area contributed by atoms with Gasteiger partial charge in [-0.1, -0.05) is 0 Å². The van der Waals surface area contributed by atoms with Gasteiger partial charge in [0, 0.05) is 5.38 Å². The summed E-state index contributed by atoms with van der Waals surface area (Å²) in [6.07, 6.45) is -5.73. The molecule has 1 rings (SSSR count). The van der Waals surface area contributed by atoms with E-state index in [0.29, 0.717) is 0 Å². The van der Waals surface area contributed by atoms with Crippen LogP contribution in [0, 0.1) is 0 Å². The molecule has 0 aliphatic heterocycles. The van der Waals surface area contributed by atoms with Gasteiger partial charge in [-0.3, -0.25) is 4.79 Å². The minimum atomic E-state index is -4.29. The minimum Gasteiger partial charge on any atom is -0.481 e. The van der Waals surface area contributed by atoms with Crippen molar-refractivity contribution in [3.8, 4) is 0 Å². The molecule has 0 saturated heterocycles. The second-order valence-corrected chi connectivity index (χ2v) is 3.54. The van der Waals surface area contributed by atoms with Crippen molar-refractivity contribution in [2.24, 2.45) is 0 Å². The summed E-state index contributed by atoms with van der Waals surface area (Å²) in [5, 5.41) is 9.58. The third-order valence-electron chi connectivity index (χ3n) is 1.28. The van der Waals surface area contributed by atoms with Gasteiger partial charge in [0.2, 0.25) is 0 Å². The zero-order valence-electron chi connectivity index (χ0n) is 6.84. The summed E-state index contributed by atoms with van der Waals surface area (Å²) in [4.78, 5) is 13.8. The summed E-state index contributed by atoms with van der Waals surface area (Å²) in [7, 11) is 0. The summed E-state index contributed by atoms with van der Waals surface area (Å²) in [6.45, 7) is 0. The Balaban J connectivity index is 2.64. The lowest BCUT2D eigenvalue weighted by Gasteiger charge is -2.01. The van der Waals surface area contributed by atoms with Crippen LogP contribution in [0.15, 0.2) is 5.38 Å². The van der Waals surface area contributed by atoms with Crippen LogP contribution in [0.3, 0.4) is 0 Å². The molecule has 0 saturated carbocycles. The van der Waals surface area contributed by atoms with E-state index in [0.717, 1.165) is 11.3 Å². The zero-order valence-corrected chi connectivity index (χ0v) is 7.65. The Labute approximate surface area is 81.2 Å². The summed E-state index contributed by atoms with van der Waals surface area (Å²) < 4.78 is 35.6. The topological polar surface area (TPSA) is 50.2 Å². The van der Waals surface area contributed by atoms with Crippen molar-refractivity contribution >= 4 is 17.3 Å². The molecule has 3 nitrogen and oxygen atoms in total. The van der Waals surface area contributed by atoms with Crippen molar-refractivity contribution in [1.29, 1.82) is 0 Å². The van der Waals surface area contributed by atoms with Crippen molar-refractivity contribution < 1.29 is 23.1 Å². The molecule has 14 heavy (non-hydrogen) atoms. The molecule has 0 unspecified atom stereocenters. The zero-order chi connectivity index (χ0) is 10.8. The summed E-state index contributed by atoms with van der Waals surface area (Å²) in [5.74, 6) is -1.10.